The van der Waals surface area contributed by atoms with Crippen LogP contribution in [0, 0.1) is 0 Å². The number of fused-ring (bicyclic) bond motifs is 1. The third kappa shape index (κ3) is 2.25. The van der Waals surface area contributed by atoms with Crippen molar-refractivity contribution in [1.29, 1.82) is 0 Å². The van der Waals surface area contributed by atoms with Crippen molar-refractivity contribution in [2.75, 3.05) is 20.1 Å². The highest BCUT2D eigenvalue weighted by molar-refractivity contribution is 6.06. The number of hydrogen-bond donors (Lipinski definition) is 1. The van der Waals surface area contributed by atoms with Gasteiger partial charge in [-0.25, -0.2) is 0 Å². The Morgan fingerprint density at radius 1 is 1.17 bits per heavy atom. The Morgan fingerprint density at radius 2 is 1.96 bits per heavy atom. The van der Waals surface area contributed by atoms with E-state index < -0.39 is 6.04 Å². The fourth-order valence-corrected chi connectivity index (χ4v) is 3.88. The minimum atomic E-state index is -0.537. The molecule has 6 heteroatoms. The monoisotopic (exact) mass is 313 g/mol. The van der Waals surface area contributed by atoms with E-state index in [2.05, 4.69) is 17.3 Å². The lowest BCUT2D eigenvalue weighted by Crippen LogP contribution is -2.52. The summed E-state index contributed by atoms with van der Waals surface area (Å²) in [5.41, 5.74) is 2.86. The zero-order valence-corrected chi connectivity index (χ0v) is 13.0. The zero-order valence-electron chi connectivity index (χ0n) is 13.0. The number of benzene rings is 1. The summed E-state index contributed by atoms with van der Waals surface area (Å²) >= 11 is 0. The maximum absolute atomic E-state index is 12.9. The van der Waals surface area contributed by atoms with Crippen LogP contribution in [0.3, 0.4) is 0 Å². The van der Waals surface area contributed by atoms with Gasteiger partial charge in [-0.05, 0) is 24.6 Å². The predicted molar refractivity (Wildman–Crippen MR) is 82.7 cm³/mol. The topological polar surface area (TPSA) is 69.7 Å². The van der Waals surface area contributed by atoms with Gasteiger partial charge in [0, 0.05) is 37.5 Å². The lowest BCUT2D eigenvalue weighted by Gasteiger charge is -2.37. The number of nitrogens with one attached hydrogen (secondary N) is 1. The molecule has 4 rings (SSSR count). The lowest BCUT2D eigenvalue weighted by molar-refractivity contribution is -0.136. The van der Waals surface area contributed by atoms with Crippen molar-refractivity contribution in [2.24, 2.45) is 0 Å². The van der Waals surface area contributed by atoms with Crippen molar-refractivity contribution in [2.45, 2.75) is 31.3 Å². The first-order valence-corrected chi connectivity index (χ1v) is 7.99. The molecule has 1 N–H and O–H groups in total. The maximum atomic E-state index is 12.9. The molecule has 0 saturated carbocycles. The van der Waals surface area contributed by atoms with Crippen molar-refractivity contribution < 1.29 is 14.4 Å². The molecule has 0 aromatic heterocycles. The number of imide groups is 1. The maximum Gasteiger partial charge on any atom is 0.255 e. The number of carbonyl (C=O) groups is 3. The summed E-state index contributed by atoms with van der Waals surface area (Å²) in [6, 6.07) is 5.45. The second kappa shape index (κ2) is 5.16. The molecule has 0 aliphatic carbocycles. The highest BCUT2D eigenvalue weighted by Crippen LogP contribution is 2.35. The normalized spacial score (nSPS) is 25.3. The molecule has 2 saturated heterocycles. The Bertz CT molecular complexity index is 709. The van der Waals surface area contributed by atoms with E-state index in [0.717, 1.165) is 29.8 Å². The molecular weight excluding hydrogens is 294 g/mol. The van der Waals surface area contributed by atoms with Gasteiger partial charge in [-0.2, -0.15) is 0 Å². The van der Waals surface area contributed by atoms with E-state index in [0.29, 0.717) is 18.9 Å². The van der Waals surface area contributed by atoms with Crippen molar-refractivity contribution in [3.63, 3.8) is 0 Å². The third-order valence-electron chi connectivity index (χ3n) is 5.09. The average Bonchev–Trinajstić information content (AvgIpc) is 2.81. The molecule has 1 aromatic carbocycles. The molecule has 2 fully saturated rings. The molecule has 0 radical (unpaired) electrons. The van der Waals surface area contributed by atoms with Crippen LogP contribution in [0.5, 0.6) is 0 Å². The average molecular weight is 313 g/mol. The van der Waals surface area contributed by atoms with Crippen molar-refractivity contribution in [3.8, 4) is 0 Å². The number of nitrogens with zero attached hydrogens (tertiary/aromatic N) is 2. The Balaban J connectivity index is 1.62. The van der Waals surface area contributed by atoms with E-state index in [-0.39, 0.29) is 24.1 Å². The molecule has 3 heterocycles. The third-order valence-corrected chi connectivity index (χ3v) is 5.09. The van der Waals surface area contributed by atoms with Gasteiger partial charge in [-0.1, -0.05) is 18.2 Å². The number of likely N-dealkylation sites (tertiary alicyclic amines) is 1. The SMILES string of the molecule is CN1CC(c2cccc3c2C(=O)N(C2CCC(=O)NC2=O)C3)C1. The standard InChI is InChI=1S/C17H19N3O3/c1-19-7-11(8-19)12-4-2-3-10-9-20(17(23)15(10)12)13-5-6-14(21)18-16(13)22/h2-4,11,13H,5-9H2,1H3,(H,18,21,22). The first kappa shape index (κ1) is 14.4. The Kier molecular flexibility index (Phi) is 3.23. The molecule has 120 valence electrons. The Morgan fingerprint density at radius 3 is 2.65 bits per heavy atom. The number of likely N-dealkylation sites (N-methyl/N-ethyl adjacent to an activating group) is 1. The molecule has 1 aromatic rings. The highest BCUT2D eigenvalue weighted by atomic mass is 16.2. The summed E-state index contributed by atoms with van der Waals surface area (Å²) in [4.78, 5) is 40.2. The minimum Gasteiger partial charge on any atom is -0.322 e. The summed E-state index contributed by atoms with van der Waals surface area (Å²) < 4.78 is 0. The largest absolute Gasteiger partial charge is 0.322 e. The summed E-state index contributed by atoms with van der Waals surface area (Å²) in [5, 5.41) is 2.34. The number of hydrogen-bond acceptors (Lipinski definition) is 4. The highest BCUT2D eigenvalue weighted by Gasteiger charge is 2.41. The second-order valence-electron chi connectivity index (χ2n) is 6.70. The minimum absolute atomic E-state index is 0.0698. The van der Waals surface area contributed by atoms with Gasteiger partial charge in [0.15, 0.2) is 0 Å². The van der Waals surface area contributed by atoms with Crippen LogP contribution in [0.4, 0.5) is 0 Å². The van der Waals surface area contributed by atoms with Crippen LogP contribution in [0.25, 0.3) is 0 Å². The molecule has 23 heavy (non-hydrogen) atoms. The fourth-order valence-electron chi connectivity index (χ4n) is 3.88. The van der Waals surface area contributed by atoms with E-state index in [9.17, 15) is 14.4 Å². The van der Waals surface area contributed by atoms with Crippen LogP contribution in [0.2, 0.25) is 0 Å². The van der Waals surface area contributed by atoms with E-state index in [4.69, 9.17) is 0 Å². The molecule has 0 spiro atoms. The quantitative estimate of drug-likeness (QED) is 0.806. The van der Waals surface area contributed by atoms with E-state index in [1.54, 1.807) is 4.90 Å². The molecule has 3 amide bonds. The zero-order chi connectivity index (χ0) is 16.1. The number of rotatable bonds is 2. The van der Waals surface area contributed by atoms with Gasteiger partial charge in [0.25, 0.3) is 5.91 Å². The molecule has 1 atom stereocenters. The smallest absolute Gasteiger partial charge is 0.255 e. The Hall–Kier alpha value is -2.21. The molecule has 3 aliphatic heterocycles. The molecule has 1 unspecified atom stereocenters. The van der Waals surface area contributed by atoms with Crippen LogP contribution < -0.4 is 5.32 Å². The van der Waals surface area contributed by atoms with Crippen LogP contribution in [-0.2, 0) is 16.1 Å². The van der Waals surface area contributed by atoms with E-state index >= 15 is 0 Å². The first-order valence-electron chi connectivity index (χ1n) is 7.99. The molecule has 0 bridgehead atoms. The van der Waals surface area contributed by atoms with Crippen LogP contribution in [0.1, 0.15) is 40.2 Å². The van der Waals surface area contributed by atoms with E-state index in [1.807, 2.05) is 18.2 Å². The number of piperidine rings is 1. The second-order valence-corrected chi connectivity index (χ2v) is 6.70. The number of carbonyl (C=O) groups excluding carboxylic acids is 3. The molecule has 6 nitrogen and oxygen atoms in total. The fraction of sp³-hybridized carbons (Fsp3) is 0.471. The van der Waals surface area contributed by atoms with Crippen LogP contribution >= 0.6 is 0 Å². The summed E-state index contributed by atoms with van der Waals surface area (Å²) in [6.07, 6.45) is 0.697. The summed E-state index contributed by atoms with van der Waals surface area (Å²) in [5.74, 6) is -0.291. The van der Waals surface area contributed by atoms with Crippen molar-refractivity contribution in [3.05, 3.63) is 34.9 Å². The van der Waals surface area contributed by atoms with Crippen LogP contribution in [-0.4, -0.2) is 53.7 Å². The molecular formula is C17H19N3O3. The summed E-state index contributed by atoms with van der Waals surface area (Å²) in [7, 11) is 2.07. The summed E-state index contributed by atoms with van der Waals surface area (Å²) in [6.45, 7) is 2.38. The van der Waals surface area contributed by atoms with E-state index in [1.165, 1.54) is 0 Å². The predicted octanol–water partition coefficient (Wildman–Crippen LogP) is 0.477. The first-order chi connectivity index (χ1) is 11.0. The van der Waals surface area contributed by atoms with Gasteiger partial charge < -0.3 is 9.80 Å². The van der Waals surface area contributed by atoms with Crippen LogP contribution in [0.15, 0.2) is 18.2 Å². The van der Waals surface area contributed by atoms with Gasteiger partial charge >= 0.3 is 0 Å². The lowest BCUT2D eigenvalue weighted by atomic mass is 9.87. The van der Waals surface area contributed by atoms with Gasteiger partial charge in [-0.15, -0.1) is 0 Å². The van der Waals surface area contributed by atoms with Crippen molar-refractivity contribution >= 4 is 17.7 Å². The number of amides is 3. The van der Waals surface area contributed by atoms with Gasteiger partial charge in [0.2, 0.25) is 11.8 Å². The van der Waals surface area contributed by atoms with Gasteiger partial charge in [0.05, 0.1) is 0 Å². The van der Waals surface area contributed by atoms with Gasteiger partial charge in [0.1, 0.15) is 6.04 Å². The van der Waals surface area contributed by atoms with Crippen molar-refractivity contribution in [1.82, 2.24) is 15.1 Å². The Labute approximate surface area is 134 Å². The molecule has 3 aliphatic rings. The van der Waals surface area contributed by atoms with Gasteiger partial charge in [-0.3, -0.25) is 19.7 Å².